The van der Waals surface area contributed by atoms with Gasteiger partial charge in [0.05, 0.1) is 25.6 Å². The Balaban J connectivity index is 0.000000197. The van der Waals surface area contributed by atoms with E-state index in [9.17, 15) is 0 Å². The molecule has 0 spiro atoms. The van der Waals surface area contributed by atoms with Crippen molar-refractivity contribution in [1.29, 1.82) is 0 Å². The Morgan fingerprint density at radius 1 is 0.640 bits per heavy atom. The molecule has 6 rings (SSSR count). The smallest absolute Gasteiger partial charge is 0.219 e. The molecule has 2 fully saturated rings. The average Bonchev–Trinajstić information content (AvgIpc) is 3.11. The third-order valence-corrected chi connectivity index (χ3v) is 8.54. The Hall–Kier alpha value is -4.66. The molecule has 0 unspecified atom stereocenters. The summed E-state index contributed by atoms with van der Waals surface area (Å²) in [6, 6.07) is 23.7. The number of nitrogens with one attached hydrogen (secondary N) is 1. The van der Waals surface area contributed by atoms with E-state index in [2.05, 4.69) is 71.3 Å². The fourth-order valence-electron chi connectivity index (χ4n) is 5.91. The Labute approximate surface area is 298 Å². The van der Waals surface area contributed by atoms with Crippen LogP contribution in [0.25, 0.3) is 12.2 Å². The molecule has 8 nitrogen and oxygen atoms in total. The average molecular weight is 677 g/mol. The first-order chi connectivity index (χ1) is 24.3. The molecular formula is C42H52N4O4. The van der Waals surface area contributed by atoms with Gasteiger partial charge in [-0.05, 0) is 121 Å². The Kier molecular flexibility index (Phi) is 13.5. The van der Waals surface area contributed by atoms with Crippen LogP contribution in [0.5, 0.6) is 34.8 Å². The highest BCUT2D eigenvalue weighted by atomic mass is 16.5. The molecule has 50 heavy (non-hydrogen) atoms. The van der Waals surface area contributed by atoms with Gasteiger partial charge in [-0.2, -0.15) is 0 Å². The van der Waals surface area contributed by atoms with E-state index in [4.69, 9.17) is 18.9 Å². The quantitative estimate of drug-likeness (QED) is 0.178. The second-order valence-corrected chi connectivity index (χ2v) is 13.4. The molecule has 0 bridgehead atoms. The molecule has 0 aliphatic carbocycles. The molecule has 0 saturated carbocycles. The van der Waals surface area contributed by atoms with Crippen molar-refractivity contribution in [1.82, 2.24) is 20.2 Å². The zero-order chi connectivity index (χ0) is 35.2. The van der Waals surface area contributed by atoms with Crippen molar-refractivity contribution < 1.29 is 18.9 Å². The first kappa shape index (κ1) is 36.6. The van der Waals surface area contributed by atoms with Crippen molar-refractivity contribution in [3.8, 4) is 34.8 Å². The van der Waals surface area contributed by atoms with Crippen LogP contribution in [0.3, 0.4) is 0 Å². The summed E-state index contributed by atoms with van der Waals surface area (Å²) in [5.41, 5.74) is 5.60. The number of hydrogen-bond acceptors (Lipinski definition) is 8. The van der Waals surface area contributed by atoms with Crippen LogP contribution in [-0.4, -0.2) is 59.8 Å². The molecule has 0 radical (unpaired) electrons. The number of piperidine rings is 2. The summed E-state index contributed by atoms with van der Waals surface area (Å²) in [7, 11) is 0. The number of likely N-dealkylation sites (tertiary alicyclic amines) is 1. The molecule has 8 heteroatoms. The molecule has 0 amide bonds. The second kappa shape index (κ2) is 18.4. The molecule has 264 valence electrons. The number of nitrogens with zero attached hydrogens (tertiary/aromatic N) is 3. The molecule has 0 atom stereocenters. The zero-order valence-corrected chi connectivity index (χ0v) is 30.3. The van der Waals surface area contributed by atoms with E-state index < -0.39 is 0 Å². The van der Waals surface area contributed by atoms with E-state index >= 15 is 0 Å². The van der Waals surface area contributed by atoms with Crippen LogP contribution in [0.2, 0.25) is 0 Å². The van der Waals surface area contributed by atoms with E-state index in [1.165, 1.54) is 22.3 Å². The maximum atomic E-state index is 5.90. The number of rotatable bonds is 10. The lowest BCUT2D eigenvalue weighted by atomic mass is 9.96. The first-order valence-electron chi connectivity index (χ1n) is 17.9. The number of benzene rings is 2. The first-order valence-corrected chi connectivity index (χ1v) is 17.9. The van der Waals surface area contributed by atoms with Crippen LogP contribution in [0.15, 0.2) is 96.3 Å². The summed E-state index contributed by atoms with van der Waals surface area (Å²) in [6.45, 7) is 16.4. The second-order valence-electron chi connectivity index (χ2n) is 13.4. The van der Waals surface area contributed by atoms with Gasteiger partial charge in [0.25, 0.3) is 0 Å². The summed E-state index contributed by atoms with van der Waals surface area (Å²) in [5, 5.41) is 3.37. The van der Waals surface area contributed by atoms with Crippen LogP contribution in [0.1, 0.15) is 71.4 Å². The minimum absolute atomic E-state index is 0.254. The third-order valence-electron chi connectivity index (χ3n) is 8.54. The highest BCUT2D eigenvalue weighted by molar-refractivity contribution is 5.56. The Morgan fingerprint density at radius 2 is 1.12 bits per heavy atom. The predicted molar refractivity (Wildman–Crippen MR) is 202 cm³/mol. The summed E-state index contributed by atoms with van der Waals surface area (Å²) < 4.78 is 22.5. The lowest BCUT2D eigenvalue weighted by molar-refractivity contribution is 0.126. The number of hydrogen-bond donors (Lipinski definition) is 1. The molecule has 2 aliphatic heterocycles. The molecule has 2 aromatic heterocycles. The maximum absolute atomic E-state index is 5.90. The van der Waals surface area contributed by atoms with Crippen LogP contribution in [0, 0.1) is 0 Å². The van der Waals surface area contributed by atoms with Crippen molar-refractivity contribution in [2.24, 2.45) is 0 Å². The lowest BCUT2D eigenvalue weighted by Gasteiger charge is -2.39. The molecule has 2 aromatic carbocycles. The van der Waals surface area contributed by atoms with Crippen molar-refractivity contribution in [2.45, 2.75) is 65.8 Å². The topological polar surface area (TPSA) is 78.0 Å². The Morgan fingerprint density at radius 3 is 1.54 bits per heavy atom. The lowest BCUT2D eigenvalue weighted by Crippen LogP contribution is -2.44. The molecule has 1 N–H and O–H groups in total. The molecule has 4 aromatic rings. The van der Waals surface area contributed by atoms with Gasteiger partial charge in [-0.1, -0.05) is 47.6 Å². The summed E-state index contributed by atoms with van der Waals surface area (Å²) in [5.74, 6) is 4.24. The van der Waals surface area contributed by atoms with Gasteiger partial charge in [0.15, 0.2) is 0 Å². The van der Waals surface area contributed by atoms with Crippen LogP contribution < -0.4 is 24.3 Å². The van der Waals surface area contributed by atoms with Crippen LogP contribution in [-0.2, 0) is 0 Å². The van der Waals surface area contributed by atoms with Gasteiger partial charge >= 0.3 is 0 Å². The van der Waals surface area contributed by atoms with Crippen molar-refractivity contribution in [3.05, 3.63) is 107 Å². The van der Waals surface area contributed by atoms with E-state index in [0.717, 1.165) is 74.9 Å². The van der Waals surface area contributed by atoms with Gasteiger partial charge in [0, 0.05) is 30.8 Å². The Bertz CT molecular complexity index is 1680. The van der Waals surface area contributed by atoms with Gasteiger partial charge in [0.2, 0.25) is 11.8 Å². The highest BCUT2D eigenvalue weighted by Crippen LogP contribution is 2.28. The van der Waals surface area contributed by atoms with Crippen molar-refractivity contribution in [3.63, 3.8) is 0 Å². The monoisotopic (exact) mass is 676 g/mol. The largest absolute Gasteiger partial charge is 0.492 e. The van der Waals surface area contributed by atoms with E-state index in [1.54, 1.807) is 12.4 Å². The minimum atomic E-state index is 0.254. The standard InChI is InChI=1S/C23H30N2O2.C19H22N2O2/c1-5-26-21-9-10-22(24-17-21)27-20-8-6-7-19(16-20)15-18-11-13-25(14-12-18)23(2,3)4;1-2-22-18-6-7-19(21-14-18)23-17-5-3-4-16(13-17)12-15-8-10-20-11-9-15/h6-10,15-17H,5,11-14H2,1-4H3;3-7,12-14,20H,2,8-11H2,1H3. The van der Waals surface area contributed by atoms with Crippen molar-refractivity contribution >= 4 is 12.2 Å². The van der Waals surface area contributed by atoms with E-state index in [-0.39, 0.29) is 5.54 Å². The van der Waals surface area contributed by atoms with E-state index in [1.807, 2.05) is 68.4 Å². The highest BCUT2D eigenvalue weighted by Gasteiger charge is 2.24. The number of ether oxygens (including phenoxy) is 4. The fraction of sp³-hybridized carbons (Fsp3) is 0.381. The summed E-state index contributed by atoms with van der Waals surface area (Å²) in [4.78, 5) is 11.1. The predicted octanol–water partition coefficient (Wildman–Crippen LogP) is 9.59. The van der Waals surface area contributed by atoms with Crippen molar-refractivity contribution in [2.75, 3.05) is 39.4 Å². The van der Waals surface area contributed by atoms with E-state index in [0.29, 0.717) is 25.0 Å². The van der Waals surface area contributed by atoms with Gasteiger partial charge < -0.3 is 24.3 Å². The number of aromatic nitrogens is 2. The van der Waals surface area contributed by atoms with Crippen LogP contribution >= 0.6 is 0 Å². The normalized spacial score (nSPS) is 15.0. The minimum Gasteiger partial charge on any atom is -0.492 e. The van der Waals surface area contributed by atoms with Gasteiger partial charge in [-0.3, -0.25) is 4.90 Å². The zero-order valence-electron chi connectivity index (χ0n) is 30.3. The van der Waals surface area contributed by atoms with Gasteiger partial charge in [0.1, 0.15) is 23.0 Å². The van der Waals surface area contributed by atoms with Crippen LogP contribution in [0.4, 0.5) is 0 Å². The summed E-state index contributed by atoms with van der Waals surface area (Å²) >= 11 is 0. The fourth-order valence-corrected chi connectivity index (χ4v) is 5.91. The number of pyridine rings is 2. The maximum Gasteiger partial charge on any atom is 0.219 e. The molecule has 2 saturated heterocycles. The summed E-state index contributed by atoms with van der Waals surface area (Å²) in [6.07, 6.45) is 12.4. The molecular weight excluding hydrogens is 624 g/mol. The van der Waals surface area contributed by atoms with Gasteiger partial charge in [-0.15, -0.1) is 0 Å². The van der Waals surface area contributed by atoms with Gasteiger partial charge in [-0.25, -0.2) is 9.97 Å². The molecule has 4 heterocycles. The molecule has 2 aliphatic rings. The SMILES string of the molecule is CCOc1ccc(Oc2cccc(C=C3CCN(C(C)(C)C)CC3)c2)nc1.CCOc1ccc(Oc2cccc(C=C3CCNCC3)c2)nc1. The third kappa shape index (κ3) is 11.7.